The first-order chi connectivity index (χ1) is 18.6. The van der Waals surface area contributed by atoms with E-state index in [0.29, 0.717) is 35.1 Å². The summed E-state index contributed by atoms with van der Waals surface area (Å²) in [6.07, 6.45) is 13.7. The molecule has 5 nitrogen and oxygen atoms in total. The fourth-order valence-corrected chi connectivity index (χ4v) is 6.75. The summed E-state index contributed by atoms with van der Waals surface area (Å²) in [7, 11) is 1.40. The van der Waals surface area contributed by atoms with E-state index in [1.54, 1.807) is 6.20 Å². The predicted octanol–water partition coefficient (Wildman–Crippen LogP) is 7.75. The van der Waals surface area contributed by atoms with Crippen LogP contribution in [-0.4, -0.2) is 35.5 Å². The van der Waals surface area contributed by atoms with Gasteiger partial charge in [-0.2, -0.15) is 0 Å². The van der Waals surface area contributed by atoms with Crippen molar-refractivity contribution >= 4 is 23.6 Å². The standard InChI is InChI=1S/C32H33ClN2O3/c1-37-32(36)27-16-13-22(19-31(27)38-25-18-23-6-4-9-29(23)34-20-25)21-11-14-24(15-12-21)35-17-5-10-30(35)26-7-2-3-8-28(26)33/h2-4,6-8,13,16,18-21,24,30H,5,9-12,14-15,17H2,1H3. The van der Waals surface area contributed by atoms with Gasteiger partial charge in [0.15, 0.2) is 0 Å². The van der Waals surface area contributed by atoms with Crippen LogP contribution in [0.5, 0.6) is 11.5 Å². The molecule has 38 heavy (non-hydrogen) atoms. The van der Waals surface area contributed by atoms with E-state index in [1.807, 2.05) is 30.3 Å². The molecule has 2 aliphatic carbocycles. The Kier molecular flexibility index (Phi) is 7.22. The number of halogens is 1. The van der Waals surface area contributed by atoms with Crippen molar-refractivity contribution in [3.8, 4) is 11.5 Å². The third-order valence-corrected chi connectivity index (χ3v) is 8.77. The number of aromatic nitrogens is 1. The largest absolute Gasteiger partial charge is 0.465 e. The Morgan fingerprint density at radius 2 is 1.89 bits per heavy atom. The van der Waals surface area contributed by atoms with Gasteiger partial charge in [0.1, 0.15) is 17.1 Å². The highest BCUT2D eigenvalue weighted by molar-refractivity contribution is 6.31. The zero-order chi connectivity index (χ0) is 26.1. The van der Waals surface area contributed by atoms with Crippen molar-refractivity contribution in [3.05, 3.63) is 93.8 Å². The molecule has 6 heteroatoms. The highest BCUT2D eigenvalue weighted by Crippen LogP contribution is 2.43. The third-order valence-electron chi connectivity index (χ3n) is 8.42. The lowest BCUT2D eigenvalue weighted by molar-refractivity contribution is 0.0598. The topological polar surface area (TPSA) is 51.7 Å². The number of carbonyl (C=O) groups is 1. The maximum absolute atomic E-state index is 12.5. The first-order valence-electron chi connectivity index (χ1n) is 13.7. The molecular formula is C32H33ClN2O3. The molecule has 1 atom stereocenters. The highest BCUT2D eigenvalue weighted by Gasteiger charge is 2.35. The SMILES string of the molecule is COC(=O)c1ccc(C2CCC(N3CCCC3c3ccccc3Cl)CC2)cc1Oc1cnc2c(c1)C=CC2. The van der Waals surface area contributed by atoms with Gasteiger partial charge in [0.25, 0.3) is 0 Å². The summed E-state index contributed by atoms with van der Waals surface area (Å²) in [5.74, 6) is 1.19. The van der Waals surface area contributed by atoms with Crippen molar-refractivity contribution < 1.29 is 14.3 Å². The van der Waals surface area contributed by atoms with Crippen molar-refractivity contribution in [2.75, 3.05) is 13.7 Å². The Morgan fingerprint density at radius 3 is 2.71 bits per heavy atom. The normalized spacial score (nSPS) is 22.8. The fourth-order valence-electron chi connectivity index (χ4n) is 6.49. The van der Waals surface area contributed by atoms with Crippen molar-refractivity contribution in [2.45, 2.75) is 62.9 Å². The molecule has 0 bridgehead atoms. The highest BCUT2D eigenvalue weighted by atomic mass is 35.5. The van der Waals surface area contributed by atoms with Crippen LogP contribution in [0.1, 0.15) is 83.2 Å². The molecule has 1 saturated heterocycles. The molecule has 196 valence electrons. The lowest BCUT2D eigenvalue weighted by Crippen LogP contribution is -2.37. The molecule has 3 aromatic rings. The molecule has 2 heterocycles. The number of methoxy groups -OCH3 is 1. The Bertz CT molecular complexity index is 1360. The average Bonchev–Trinajstić information content (AvgIpc) is 3.63. The van der Waals surface area contributed by atoms with E-state index in [2.05, 4.69) is 40.2 Å². The minimum Gasteiger partial charge on any atom is -0.465 e. The van der Waals surface area contributed by atoms with Gasteiger partial charge in [0, 0.05) is 23.5 Å². The summed E-state index contributed by atoms with van der Waals surface area (Å²) in [4.78, 5) is 19.7. The number of allylic oxidation sites excluding steroid dienone is 1. The first kappa shape index (κ1) is 25.1. The van der Waals surface area contributed by atoms with E-state index in [0.717, 1.165) is 54.9 Å². The van der Waals surface area contributed by atoms with Gasteiger partial charge >= 0.3 is 5.97 Å². The number of fused-ring (bicyclic) bond motifs is 1. The molecule has 1 unspecified atom stereocenters. The lowest BCUT2D eigenvalue weighted by atomic mass is 9.80. The van der Waals surface area contributed by atoms with Crippen molar-refractivity contribution in [1.82, 2.24) is 9.88 Å². The van der Waals surface area contributed by atoms with Gasteiger partial charge in [-0.3, -0.25) is 9.88 Å². The third kappa shape index (κ3) is 4.97. The summed E-state index contributed by atoms with van der Waals surface area (Å²) in [6, 6.07) is 17.2. The maximum Gasteiger partial charge on any atom is 0.341 e. The second kappa shape index (κ2) is 10.9. The zero-order valence-electron chi connectivity index (χ0n) is 21.7. The molecule has 1 aromatic heterocycles. The van der Waals surface area contributed by atoms with Gasteiger partial charge < -0.3 is 9.47 Å². The van der Waals surface area contributed by atoms with Gasteiger partial charge in [-0.05, 0) is 91.9 Å². The number of pyridine rings is 1. The van der Waals surface area contributed by atoms with Crippen LogP contribution in [0.4, 0.5) is 0 Å². The molecule has 1 aliphatic heterocycles. The fraction of sp³-hybridized carbons (Fsp3) is 0.375. The van der Waals surface area contributed by atoms with Gasteiger partial charge in [-0.25, -0.2) is 4.79 Å². The average molecular weight is 529 g/mol. The molecule has 3 aliphatic rings. The Labute approximate surface area is 229 Å². The maximum atomic E-state index is 12.5. The summed E-state index contributed by atoms with van der Waals surface area (Å²) >= 11 is 6.58. The quantitative estimate of drug-likeness (QED) is 0.306. The monoisotopic (exact) mass is 528 g/mol. The number of hydrogen-bond donors (Lipinski definition) is 0. The summed E-state index contributed by atoms with van der Waals surface area (Å²) in [5, 5.41) is 0.880. The van der Waals surface area contributed by atoms with E-state index in [9.17, 15) is 4.79 Å². The van der Waals surface area contributed by atoms with Crippen LogP contribution in [0.15, 0.2) is 60.8 Å². The number of ether oxygens (including phenoxy) is 2. The summed E-state index contributed by atoms with van der Waals surface area (Å²) < 4.78 is 11.3. The second-order valence-corrected chi connectivity index (χ2v) is 11.0. The van der Waals surface area contributed by atoms with Crippen LogP contribution < -0.4 is 4.74 Å². The molecule has 2 aromatic carbocycles. The zero-order valence-corrected chi connectivity index (χ0v) is 22.5. The van der Waals surface area contributed by atoms with Crippen LogP contribution in [0.3, 0.4) is 0 Å². The van der Waals surface area contributed by atoms with Gasteiger partial charge in [0.05, 0.1) is 19.0 Å². The van der Waals surface area contributed by atoms with Crippen molar-refractivity contribution in [3.63, 3.8) is 0 Å². The number of rotatable bonds is 6. The summed E-state index contributed by atoms with van der Waals surface area (Å²) in [5.41, 5.74) is 5.02. The number of hydrogen-bond acceptors (Lipinski definition) is 5. The minimum atomic E-state index is -0.399. The van der Waals surface area contributed by atoms with Crippen LogP contribution in [0, 0.1) is 0 Å². The second-order valence-electron chi connectivity index (χ2n) is 10.6. The first-order valence-corrected chi connectivity index (χ1v) is 14.0. The summed E-state index contributed by atoms with van der Waals surface area (Å²) in [6.45, 7) is 1.14. The van der Waals surface area contributed by atoms with Crippen molar-refractivity contribution in [1.29, 1.82) is 0 Å². The molecular weight excluding hydrogens is 496 g/mol. The number of esters is 1. The van der Waals surface area contributed by atoms with Gasteiger partial charge in [-0.1, -0.05) is 48.0 Å². The van der Waals surface area contributed by atoms with E-state index in [1.165, 1.54) is 31.1 Å². The minimum absolute atomic E-state index is 0.399. The van der Waals surface area contributed by atoms with E-state index in [-0.39, 0.29) is 0 Å². The molecule has 0 amide bonds. The number of carbonyl (C=O) groups excluding carboxylic acids is 1. The Balaban J connectivity index is 1.18. The smallest absolute Gasteiger partial charge is 0.341 e. The molecule has 0 N–H and O–H groups in total. The Hall–Kier alpha value is -3.15. The van der Waals surface area contributed by atoms with Crippen LogP contribution in [0.2, 0.25) is 5.02 Å². The van der Waals surface area contributed by atoms with Crippen LogP contribution in [0.25, 0.3) is 6.08 Å². The van der Waals surface area contributed by atoms with Crippen molar-refractivity contribution in [2.24, 2.45) is 0 Å². The number of likely N-dealkylation sites (tertiary alicyclic amines) is 1. The molecule has 6 rings (SSSR count). The lowest BCUT2D eigenvalue weighted by Gasteiger charge is -2.38. The Morgan fingerprint density at radius 1 is 1.05 bits per heavy atom. The van der Waals surface area contributed by atoms with Crippen LogP contribution in [-0.2, 0) is 11.2 Å². The van der Waals surface area contributed by atoms with Gasteiger partial charge in [0.2, 0.25) is 0 Å². The molecule has 1 saturated carbocycles. The van der Waals surface area contributed by atoms with E-state index < -0.39 is 5.97 Å². The number of benzene rings is 2. The van der Waals surface area contributed by atoms with Gasteiger partial charge in [-0.15, -0.1) is 0 Å². The molecule has 0 radical (unpaired) electrons. The number of nitrogens with zero attached hydrogens (tertiary/aromatic N) is 2. The molecule has 2 fully saturated rings. The van der Waals surface area contributed by atoms with E-state index in [4.69, 9.17) is 21.1 Å². The predicted molar refractivity (Wildman–Crippen MR) is 150 cm³/mol. The van der Waals surface area contributed by atoms with E-state index >= 15 is 0 Å². The van der Waals surface area contributed by atoms with Crippen LogP contribution >= 0.6 is 11.6 Å². The molecule has 0 spiro atoms.